The molecular formula is C19H27NO6S. The lowest BCUT2D eigenvalue weighted by molar-refractivity contribution is -0.160. The van der Waals surface area contributed by atoms with Crippen LogP contribution in [-0.4, -0.2) is 62.5 Å². The van der Waals surface area contributed by atoms with Crippen LogP contribution in [0.3, 0.4) is 0 Å². The van der Waals surface area contributed by atoms with E-state index in [1.807, 2.05) is 32.9 Å². The zero-order valence-corrected chi connectivity index (χ0v) is 17.3. The maximum absolute atomic E-state index is 12.4. The smallest absolute Gasteiger partial charge is 0.344 e. The molecule has 0 spiro atoms. The average molecular weight is 397 g/mol. The van der Waals surface area contributed by atoms with E-state index in [-0.39, 0.29) is 24.2 Å². The fourth-order valence-electron chi connectivity index (χ4n) is 3.35. The summed E-state index contributed by atoms with van der Waals surface area (Å²) < 4.78 is 33.9. The summed E-state index contributed by atoms with van der Waals surface area (Å²) in [6, 6.07) is 3.55. The Bertz CT molecular complexity index is 810. The molecule has 1 fully saturated rings. The molecule has 0 N–H and O–H groups in total. The summed E-state index contributed by atoms with van der Waals surface area (Å²) in [5.74, 6) is -0.419. The molecule has 150 valence electrons. The molecular weight excluding hydrogens is 370 g/mol. The largest absolute Gasteiger partial charge is 0.481 e. The second-order valence-corrected chi connectivity index (χ2v) is 9.38. The zero-order chi connectivity index (χ0) is 20.4. The Kier molecular flexibility index (Phi) is 6.51. The molecule has 1 aliphatic rings. The van der Waals surface area contributed by atoms with Gasteiger partial charge in [0, 0.05) is 13.1 Å². The van der Waals surface area contributed by atoms with Crippen molar-refractivity contribution in [2.75, 3.05) is 25.2 Å². The number of ether oxygens (including phenoxy) is 2. The number of nitrogens with zero attached hydrogens (tertiary/aromatic N) is 1. The second kappa shape index (κ2) is 8.29. The number of rotatable bonds is 6. The molecule has 1 aromatic carbocycles. The molecule has 0 bridgehead atoms. The third-order valence-corrected chi connectivity index (χ3v) is 6.45. The highest BCUT2D eigenvalue weighted by Gasteiger charge is 2.34. The minimum atomic E-state index is -3.09. The zero-order valence-electron chi connectivity index (χ0n) is 16.4. The Balaban J connectivity index is 1.89. The van der Waals surface area contributed by atoms with Gasteiger partial charge in [-0.1, -0.05) is 17.7 Å². The van der Waals surface area contributed by atoms with E-state index in [9.17, 15) is 18.0 Å². The third kappa shape index (κ3) is 5.45. The highest BCUT2D eigenvalue weighted by atomic mass is 32.2. The minimum absolute atomic E-state index is 0.0506. The van der Waals surface area contributed by atoms with E-state index in [1.165, 1.54) is 18.9 Å². The van der Waals surface area contributed by atoms with E-state index < -0.39 is 27.8 Å². The number of sulfone groups is 1. The van der Waals surface area contributed by atoms with Gasteiger partial charge in [0.1, 0.15) is 5.75 Å². The maximum Gasteiger partial charge on any atom is 0.344 e. The predicted octanol–water partition coefficient (Wildman–Crippen LogP) is 1.57. The Labute approximate surface area is 160 Å². The highest BCUT2D eigenvalue weighted by Crippen LogP contribution is 2.24. The van der Waals surface area contributed by atoms with Gasteiger partial charge in [0.15, 0.2) is 22.5 Å². The molecule has 1 heterocycles. The van der Waals surface area contributed by atoms with Crippen LogP contribution in [-0.2, 0) is 24.2 Å². The van der Waals surface area contributed by atoms with E-state index in [2.05, 4.69) is 0 Å². The monoisotopic (exact) mass is 397 g/mol. The van der Waals surface area contributed by atoms with Crippen molar-refractivity contribution in [3.8, 4) is 5.75 Å². The molecule has 2 atom stereocenters. The molecule has 7 nitrogen and oxygen atoms in total. The van der Waals surface area contributed by atoms with Gasteiger partial charge < -0.3 is 14.4 Å². The molecule has 1 aliphatic heterocycles. The Morgan fingerprint density at radius 2 is 1.81 bits per heavy atom. The normalized spacial score (nSPS) is 19.4. The molecule has 0 radical (unpaired) electrons. The first-order chi connectivity index (χ1) is 12.5. The van der Waals surface area contributed by atoms with Crippen molar-refractivity contribution in [1.29, 1.82) is 0 Å². The van der Waals surface area contributed by atoms with Gasteiger partial charge in [-0.3, -0.25) is 4.79 Å². The number of aryl methyl sites for hydroxylation is 3. The number of carbonyl (C=O) groups excluding carboxylic acids is 2. The highest BCUT2D eigenvalue weighted by molar-refractivity contribution is 7.91. The van der Waals surface area contributed by atoms with Crippen molar-refractivity contribution in [2.45, 2.75) is 46.3 Å². The Hall–Kier alpha value is -2.09. The van der Waals surface area contributed by atoms with Gasteiger partial charge in [-0.15, -0.1) is 0 Å². The van der Waals surface area contributed by atoms with Gasteiger partial charge in [-0.2, -0.15) is 0 Å². The summed E-state index contributed by atoms with van der Waals surface area (Å²) in [6.07, 6.45) is -0.602. The Morgan fingerprint density at radius 1 is 1.22 bits per heavy atom. The van der Waals surface area contributed by atoms with Crippen molar-refractivity contribution in [1.82, 2.24) is 4.90 Å². The SMILES string of the molecule is Cc1cc(C)c(OCC(=O)O[C@H](C)C(=O)N(C)[C@H]2CCS(=O)(=O)C2)c(C)c1. The maximum atomic E-state index is 12.4. The van der Waals surface area contributed by atoms with Crippen LogP contribution in [0.4, 0.5) is 0 Å². The number of amides is 1. The molecule has 0 unspecified atom stereocenters. The Morgan fingerprint density at radius 3 is 2.33 bits per heavy atom. The van der Waals surface area contributed by atoms with Crippen LogP contribution >= 0.6 is 0 Å². The van der Waals surface area contributed by atoms with Crippen molar-refractivity contribution in [3.63, 3.8) is 0 Å². The number of benzene rings is 1. The summed E-state index contributed by atoms with van der Waals surface area (Å²) in [6.45, 7) is 6.96. The fraction of sp³-hybridized carbons (Fsp3) is 0.579. The van der Waals surface area contributed by atoms with Gasteiger partial charge in [0.25, 0.3) is 5.91 Å². The van der Waals surface area contributed by atoms with Crippen molar-refractivity contribution < 1.29 is 27.5 Å². The third-order valence-electron chi connectivity index (χ3n) is 4.70. The summed E-state index contributed by atoms with van der Waals surface area (Å²) in [5.41, 5.74) is 2.95. The molecule has 0 aromatic heterocycles. The van der Waals surface area contributed by atoms with Crippen molar-refractivity contribution >= 4 is 21.7 Å². The van der Waals surface area contributed by atoms with Crippen LogP contribution in [0.25, 0.3) is 0 Å². The summed E-state index contributed by atoms with van der Waals surface area (Å²) >= 11 is 0. The molecule has 0 saturated carbocycles. The van der Waals surface area contributed by atoms with Crippen LogP contribution in [0.1, 0.15) is 30.0 Å². The molecule has 0 aliphatic carbocycles. The minimum Gasteiger partial charge on any atom is -0.481 e. The van der Waals surface area contributed by atoms with Crippen LogP contribution in [0, 0.1) is 20.8 Å². The van der Waals surface area contributed by atoms with E-state index >= 15 is 0 Å². The molecule has 1 aromatic rings. The molecule has 2 rings (SSSR count). The van der Waals surface area contributed by atoms with Crippen molar-refractivity contribution in [3.05, 3.63) is 28.8 Å². The van der Waals surface area contributed by atoms with E-state index in [0.717, 1.165) is 16.7 Å². The summed E-state index contributed by atoms with van der Waals surface area (Å²) in [5, 5.41) is 0. The lowest BCUT2D eigenvalue weighted by atomic mass is 10.1. The lowest BCUT2D eigenvalue weighted by Crippen LogP contribution is -2.44. The first-order valence-corrected chi connectivity index (χ1v) is 10.7. The summed E-state index contributed by atoms with van der Waals surface area (Å²) in [7, 11) is -1.56. The lowest BCUT2D eigenvalue weighted by Gasteiger charge is -2.26. The van der Waals surface area contributed by atoms with E-state index in [4.69, 9.17) is 9.47 Å². The van der Waals surface area contributed by atoms with Crippen LogP contribution in [0.2, 0.25) is 0 Å². The van der Waals surface area contributed by atoms with Crippen LogP contribution in [0.15, 0.2) is 12.1 Å². The first kappa shape index (κ1) is 21.2. The van der Waals surface area contributed by atoms with Crippen molar-refractivity contribution in [2.24, 2.45) is 0 Å². The van der Waals surface area contributed by atoms with Crippen LogP contribution < -0.4 is 4.74 Å². The predicted molar refractivity (Wildman–Crippen MR) is 102 cm³/mol. The number of hydrogen-bond donors (Lipinski definition) is 0. The molecule has 1 saturated heterocycles. The van der Waals surface area contributed by atoms with Gasteiger partial charge in [-0.25, -0.2) is 13.2 Å². The fourth-order valence-corrected chi connectivity index (χ4v) is 5.13. The second-order valence-electron chi connectivity index (χ2n) is 7.15. The average Bonchev–Trinajstić information content (AvgIpc) is 2.92. The van der Waals surface area contributed by atoms with E-state index in [0.29, 0.717) is 12.2 Å². The number of carbonyl (C=O) groups is 2. The molecule has 1 amide bonds. The quantitative estimate of drug-likeness (QED) is 0.677. The van der Waals surface area contributed by atoms with E-state index in [1.54, 1.807) is 0 Å². The van der Waals surface area contributed by atoms with Gasteiger partial charge in [0.2, 0.25) is 0 Å². The van der Waals surface area contributed by atoms with Crippen LogP contribution in [0.5, 0.6) is 5.75 Å². The summed E-state index contributed by atoms with van der Waals surface area (Å²) in [4.78, 5) is 25.8. The standard InChI is InChI=1S/C19H27NO6S/c1-12-8-13(2)18(14(3)9-12)25-10-17(21)26-15(4)19(22)20(5)16-6-7-27(23,24)11-16/h8-9,15-16H,6-7,10-11H2,1-5H3/t15-,16+/m1/s1. The molecule has 27 heavy (non-hydrogen) atoms. The number of hydrogen-bond acceptors (Lipinski definition) is 6. The first-order valence-electron chi connectivity index (χ1n) is 8.87. The molecule has 8 heteroatoms. The van der Waals surface area contributed by atoms with Gasteiger partial charge >= 0.3 is 5.97 Å². The topological polar surface area (TPSA) is 90.0 Å². The van der Waals surface area contributed by atoms with Gasteiger partial charge in [-0.05, 0) is 45.2 Å². The number of likely N-dealkylation sites (N-methyl/N-ethyl adjacent to an activating group) is 1. The van der Waals surface area contributed by atoms with Gasteiger partial charge in [0.05, 0.1) is 11.5 Å². The number of esters is 1.